The van der Waals surface area contributed by atoms with E-state index >= 15 is 0 Å². The van der Waals surface area contributed by atoms with Gasteiger partial charge in [-0.15, -0.1) is 0 Å². The van der Waals surface area contributed by atoms with E-state index in [1.54, 1.807) is 36.4 Å². The zero-order valence-corrected chi connectivity index (χ0v) is 13.7. The van der Waals surface area contributed by atoms with Crippen molar-refractivity contribution in [2.24, 2.45) is 0 Å². The molecule has 0 aliphatic heterocycles. The third-order valence-corrected chi connectivity index (χ3v) is 3.33. The second-order valence-electron chi connectivity index (χ2n) is 4.77. The molecule has 0 aliphatic carbocycles. The molecule has 2 aromatic carbocycles. The maximum Gasteiger partial charge on any atom is 0.203 e. The number of phenols is 1. The molecule has 0 spiro atoms. The van der Waals surface area contributed by atoms with Gasteiger partial charge in [-0.1, -0.05) is 12.1 Å². The van der Waals surface area contributed by atoms with Crippen LogP contribution in [0.1, 0.15) is 10.4 Å². The molecule has 0 amide bonds. The minimum atomic E-state index is -0.253. The molecule has 0 saturated carbocycles. The second-order valence-corrected chi connectivity index (χ2v) is 4.77. The molecule has 6 nitrogen and oxygen atoms in total. The lowest BCUT2D eigenvalue weighted by molar-refractivity contribution is 0.104. The molecular formula is C18H19NO5. The number of carbonyl (C=O) groups excluding carboxylic acids is 1. The molecule has 2 aromatic rings. The molecular weight excluding hydrogens is 310 g/mol. The zero-order chi connectivity index (χ0) is 17.5. The van der Waals surface area contributed by atoms with Gasteiger partial charge in [-0.3, -0.25) is 4.79 Å². The first-order chi connectivity index (χ1) is 11.6. The predicted octanol–water partition coefficient (Wildman–Crippen LogP) is 3.23. The van der Waals surface area contributed by atoms with Crippen molar-refractivity contribution in [2.45, 2.75) is 0 Å². The molecule has 24 heavy (non-hydrogen) atoms. The summed E-state index contributed by atoms with van der Waals surface area (Å²) in [6.07, 6.45) is 2.81. The Balaban J connectivity index is 2.20. The molecule has 0 bridgehead atoms. The predicted molar refractivity (Wildman–Crippen MR) is 91.3 cm³/mol. The van der Waals surface area contributed by atoms with Crippen LogP contribution in [0.3, 0.4) is 0 Å². The molecule has 0 unspecified atom stereocenters. The highest BCUT2D eigenvalue weighted by Crippen LogP contribution is 2.38. The minimum Gasteiger partial charge on any atom is -0.506 e. The van der Waals surface area contributed by atoms with Gasteiger partial charge in [0.2, 0.25) is 5.75 Å². The molecule has 0 saturated heterocycles. The highest BCUT2D eigenvalue weighted by molar-refractivity contribution is 6.05. The van der Waals surface area contributed by atoms with E-state index in [1.807, 2.05) is 0 Å². The Bertz CT molecular complexity index is 730. The largest absolute Gasteiger partial charge is 0.506 e. The summed E-state index contributed by atoms with van der Waals surface area (Å²) >= 11 is 0. The SMILES string of the molecule is COc1cc(C(=O)/C=C\Nc2ccccc2O)cc(OC)c1OC. The summed E-state index contributed by atoms with van der Waals surface area (Å²) in [5, 5.41) is 12.5. The van der Waals surface area contributed by atoms with Crippen LogP contribution in [0.5, 0.6) is 23.0 Å². The molecule has 0 aliphatic rings. The van der Waals surface area contributed by atoms with E-state index in [0.29, 0.717) is 28.5 Å². The lowest BCUT2D eigenvalue weighted by atomic mass is 10.1. The van der Waals surface area contributed by atoms with E-state index in [0.717, 1.165) is 0 Å². The number of benzene rings is 2. The molecule has 126 valence electrons. The van der Waals surface area contributed by atoms with Crippen molar-refractivity contribution in [3.8, 4) is 23.0 Å². The number of allylic oxidation sites excluding steroid dienone is 1. The van der Waals surface area contributed by atoms with Crippen LogP contribution in [-0.4, -0.2) is 32.2 Å². The van der Waals surface area contributed by atoms with Crippen molar-refractivity contribution in [2.75, 3.05) is 26.6 Å². The molecule has 0 fully saturated rings. The molecule has 2 rings (SSSR count). The van der Waals surface area contributed by atoms with Gasteiger partial charge in [-0.2, -0.15) is 0 Å². The third-order valence-electron chi connectivity index (χ3n) is 3.33. The van der Waals surface area contributed by atoms with E-state index in [1.165, 1.54) is 33.6 Å². The number of rotatable bonds is 7. The number of carbonyl (C=O) groups is 1. The number of ketones is 1. The summed E-state index contributed by atoms with van der Waals surface area (Å²) in [7, 11) is 4.47. The second kappa shape index (κ2) is 7.92. The Morgan fingerprint density at radius 1 is 1.04 bits per heavy atom. The van der Waals surface area contributed by atoms with Crippen LogP contribution in [0.4, 0.5) is 5.69 Å². The summed E-state index contributed by atoms with van der Waals surface area (Å²) < 4.78 is 15.7. The van der Waals surface area contributed by atoms with Crippen molar-refractivity contribution in [1.29, 1.82) is 0 Å². The van der Waals surface area contributed by atoms with Gasteiger partial charge >= 0.3 is 0 Å². The van der Waals surface area contributed by atoms with Crippen LogP contribution in [0.25, 0.3) is 0 Å². The third kappa shape index (κ3) is 3.78. The van der Waals surface area contributed by atoms with Gasteiger partial charge in [0.25, 0.3) is 0 Å². The van der Waals surface area contributed by atoms with Crippen LogP contribution in [0.15, 0.2) is 48.7 Å². The molecule has 6 heteroatoms. The first kappa shape index (κ1) is 17.2. The minimum absolute atomic E-state index is 0.0994. The van der Waals surface area contributed by atoms with Crippen molar-refractivity contribution in [3.05, 3.63) is 54.2 Å². The van der Waals surface area contributed by atoms with Crippen LogP contribution >= 0.6 is 0 Å². The highest BCUT2D eigenvalue weighted by Gasteiger charge is 2.15. The number of anilines is 1. The Hall–Kier alpha value is -3.15. The molecule has 0 atom stereocenters. The molecule has 0 heterocycles. The summed E-state index contributed by atoms with van der Waals surface area (Å²) in [5.74, 6) is 1.08. The standard InChI is InChI=1S/C18H19NO5/c1-22-16-10-12(11-17(23-2)18(16)24-3)14(20)8-9-19-13-6-4-5-7-15(13)21/h4-11,19,21H,1-3H3/b9-8-. The van der Waals surface area contributed by atoms with Crippen molar-refractivity contribution >= 4 is 11.5 Å². The number of phenolic OH excluding ortho intramolecular Hbond substituents is 1. The Labute approximate surface area is 140 Å². The summed E-state index contributed by atoms with van der Waals surface area (Å²) in [5.41, 5.74) is 0.895. The number of aromatic hydroxyl groups is 1. The van der Waals surface area contributed by atoms with Crippen LogP contribution in [0, 0.1) is 0 Å². The van der Waals surface area contributed by atoms with Gasteiger partial charge in [-0.25, -0.2) is 0 Å². The number of para-hydroxylation sites is 2. The highest BCUT2D eigenvalue weighted by atomic mass is 16.5. The fourth-order valence-electron chi connectivity index (χ4n) is 2.12. The van der Waals surface area contributed by atoms with E-state index in [9.17, 15) is 9.90 Å². The average molecular weight is 329 g/mol. The van der Waals surface area contributed by atoms with Gasteiger partial charge in [0.1, 0.15) is 5.75 Å². The van der Waals surface area contributed by atoms with Gasteiger partial charge in [0.05, 0.1) is 27.0 Å². The van der Waals surface area contributed by atoms with E-state index < -0.39 is 0 Å². The first-order valence-corrected chi connectivity index (χ1v) is 7.16. The average Bonchev–Trinajstić information content (AvgIpc) is 2.61. The van der Waals surface area contributed by atoms with Crippen molar-refractivity contribution in [1.82, 2.24) is 0 Å². The molecule has 0 aromatic heterocycles. The summed E-state index contributed by atoms with van der Waals surface area (Å²) in [4.78, 5) is 12.3. The fourth-order valence-corrected chi connectivity index (χ4v) is 2.12. The number of ether oxygens (including phenoxy) is 3. The zero-order valence-electron chi connectivity index (χ0n) is 13.7. The Kier molecular flexibility index (Phi) is 5.68. The quantitative estimate of drug-likeness (QED) is 0.461. The lowest BCUT2D eigenvalue weighted by Gasteiger charge is -2.13. The molecule has 2 N–H and O–H groups in total. The van der Waals surface area contributed by atoms with Crippen LogP contribution < -0.4 is 19.5 Å². The molecule has 0 radical (unpaired) electrons. The van der Waals surface area contributed by atoms with Crippen LogP contribution in [0.2, 0.25) is 0 Å². The van der Waals surface area contributed by atoms with Gasteiger partial charge in [0.15, 0.2) is 17.3 Å². The van der Waals surface area contributed by atoms with Gasteiger partial charge < -0.3 is 24.6 Å². The number of methoxy groups -OCH3 is 3. The van der Waals surface area contributed by atoms with E-state index in [4.69, 9.17) is 14.2 Å². The Morgan fingerprint density at radius 3 is 2.21 bits per heavy atom. The van der Waals surface area contributed by atoms with E-state index in [-0.39, 0.29) is 11.5 Å². The van der Waals surface area contributed by atoms with Crippen molar-refractivity contribution in [3.63, 3.8) is 0 Å². The normalized spacial score (nSPS) is 10.5. The maximum atomic E-state index is 12.3. The maximum absolute atomic E-state index is 12.3. The first-order valence-electron chi connectivity index (χ1n) is 7.16. The summed E-state index contributed by atoms with van der Waals surface area (Å²) in [6.45, 7) is 0. The number of hydrogen-bond donors (Lipinski definition) is 2. The Morgan fingerprint density at radius 2 is 1.67 bits per heavy atom. The smallest absolute Gasteiger partial charge is 0.203 e. The van der Waals surface area contributed by atoms with Crippen LogP contribution in [-0.2, 0) is 0 Å². The van der Waals surface area contributed by atoms with Gasteiger partial charge in [-0.05, 0) is 24.3 Å². The topological polar surface area (TPSA) is 77.0 Å². The monoisotopic (exact) mass is 329 g/mol. The number of hydrogen-bond acceptors (Lipinski definition) is 6. The summed E-state index contributed by atoms with van der Waals surface area (Å²) in [6, 6.07) is 9.89. The van der Waals surface area contributed by atoms with E-state index in [2.05, 4.69) is 5.32 Å². The lowest BCUT2D eigenvalue weighted by Crippen LogP contribution is -2.01. The fraction of sp³-hybridized carbons (Fsp3) is 0.167. The van der Waals surface area contributed by atoms with Gasteiger partial charge in [0, 0.05) is 17.8 Å². The number of nitrogens with one attached hydrogen (secondary N) is 1. The van der Waals surface area contributed by atoms with Crippen molar-refractivity contribution < 1.29 is 24.1 Å².